The number of likely N-dealkylation sites (tertiary alicyclic amines) is 1. The number of hydrogen-bond donors (Lipinski definition) is 1. The van der Waals surface area contributed by atoms with Crippen LogP contribution in [0, 0.1) is 0 Å². The zero-order valence-corrected chi connectivity index (χ0v) is 11.7. The van der Waals surface area contributed by atoms with Gasteiger partial charge in [-0.2, -0.15) is 0 Å². The number of morpholine rings is 1. The van der Waals surface area contributed by atoms with Gasteiger partial charge in [-0.1, -0.05) is 31.2 Å². The van der Waals surface area contributed by atoms with E-state index in [-0.39, 0.29) is 0 Å². The monoisotopic (exact) mass is 260 g/mol. The van der Waals surface area contributed by atoms with E-state index in [0.29, 0.717) is 24.8 Å². The molecule has 3 unspecified atom stereocenters. The van der Waals surface area contributed by atoms with Crippen molar-refractivity contribution in [3.8, 4) is 0 Å². The number of nitrogens with two attached hydrogens (primary N) is 1. The molecule has 3 nitrogen and oxygen atoms in total. The Morgan fingerprint density at radius 1 is 1.21 bits per heavy atom. The topological polar surface area (TPSA) is 38.5 Å². The molecule has 2 N–H and O–H groups in total. The van der Waals surface area contributed by atoms with Gasteiger partial charge in [0, 0.05) is 25.7 Å². The average molecular weight is 260 g/mol. The van der Waals surface area contributed by atoms with Gasteiger partial charge >= 0.3 is 0 Å². The van der Waals surface area contributed by atoms with Gasteiger partial charge in [-0.3, -0.25) is 4.90 Å². The SMILES string of the molecule is CCc1ccc(C(CN)N2CC3CCC(C2)O3)cc1. The van der Waals surface area contributed by atoms with Crippen LogP contribution in [-0.4, -0.2) is 36.7 Å². The minimum absolute atomic E-state index is 0.345. The van der Waals surface area contributed by atoms with Crippen LogP contribution < -0.4 is 5.73 Å². The van der Waals surface area contributed by atoms with Crippen LogP contribution in [0.15, 0.2) is 24.3 Å². The smallest absolute Gasteiger partial charge is 0.0707 e. The maximum Gasteiger partial charge on any atom is 0.0707 e. The molecule has 2 saturated heterocycles. The molecule has 2 aliphatic rings. The van der Waals surface area contributed by atoms with Crippen LogP contribution >= 0.6 is 0 Å². The van der Waals surface area contributed by atoms with Gasteiger partial charge in [0.25, 0.3) is 0 Å². The number of benzene rings is 1. The molecule has 2 fully saturated rings. The van der Waals surface area contributed by atoms with E-state index in [1.807, 2.05) is 0 Å². The molecule has 104 valence electrons. The fraction of sp³-hybridized carbons (Fsp3) is 0.625. The summed E-state index contributed by atoms with van der Waals surface area (Å²) in [6, 6.07) is 9.29. The summed E-state index contributed by atoms with van der Waals surface area (Å²) in [6.07, 6.45) is 4.39. The van der Waals surface area contributed by atoms with Gasteiger partial charge in [-0.15, -0.1) is 0 Å². The van der Waals surface area contributed by atoms with E-state index in [2.05, 4.69) is 36.1 Å². The van der Waals surface area contributed by atoms with Crippen LogP contribution in [0.2, 0.25) is 0 Å². The molecule has 2 aliphatic heterocycles. The van der Waals surface area contributed by atoms with Gasteiger partial charge in [-0.25, -0.2) is 0 Å². The largest absolute Gasteiger partial charge is 0.372 e. The first kappa shape index (κ1) is 13.1. The van der Waals surface area contributed by atoms with Gasteiger partial charge < -0.3 is 10.5 Å². The van der Waals surface area contributed by atoms with Crippen molar-refractivity contribution in [3.05, 3.63) is 35.4 Å². The number of aryl methyl sites for hydroxylation is 1. The summed E-state index contributed by atoms with van der Waals surface area (Å²) in [7, 11) is 0. The third kappa shape index (κ3) is 2.69. The Hall–Kier alpha value is -0.900. The van der Waals surface area contributed by atoms with Crippen molar-refractivity contribution in [1.82, 2.24) is 4.90 Å². The standard InChI is InChI=1S/C16H24N2O/c1-2-12-3-5-13(6-4-12)16(9-17)18-10-14-7-8-15(11-18)19-14/h3-6,14-16H,2,7-11,17H2,1H3. The van der Waals surface area contributed by atoms with Crippen molar-refractivity contribution in [1.29, 1.82) is 0 Å². The quantitative estimate of drug-likeness (QED) is 0.901. The number of hydrogen-bond acceptors (Lipinski definition) is 3. The number of fused-ring (bicyclic) bond motifs is 2. The fourth-order valence-corrected chi connectivity index (χ4v) is 3.37. The van der Waals surface area contributed by atoms with Crippen molar-refractivity contribution in [2.75, 3.05) is 19.6 Å². The highest BCUT2D eigenvalue weighted by Crippen LogP contribution is 2.31. The van der Waals surface area contributed by atoms with Gasteiger partial charge in [0.15, 0.2) is 0 Å². The van der Waals surface area contributed by atoms with Gasteiger partial charge in [0.2, 0.25) is 0 Å². The third-order valence-corrected chi connectivity index (χ3v) is 4.51. The van der Waals surface area contributed by atoms with E-state index in [1.54, 1.807) is 0 Å². The fourth-order valence-electron chi connectivity index (χ4n) is 3.37. The molecular weight excluding hydrogens is 236 g/mol. The molecule has 3 heteroatoms. The Morgan fingerprint density at radius 2 is 1.84 bits per heavy atom. The zero-order chi connectivity index (χ0) is 13.2. The molecule has 1 aromatic carbocycles. The molecule has 3 rings (SSSR count). The molecule has 2 heterocycles. The van der Waals surface area contributed by atoms with E-state index >= 15 is 0 Å². The minimum atomic E-state index is 0.345. The predicted octanol–water partition coefficient (Wildman–Crippen LogP) is 2.11. The number of ether oxygens (including phenoxy) is 1. The Balaban J connectivity index is 1.75. The summed E-state index contributed by atoms with van der Waals surface area (Å²) in [6.45, 7) is 4.95. The molecule has 1 aromatic rings. The summed E-state index contributed by atoms with van der Waals surface area (Å²) in [5.41, 5.74) is 8.77. The second kappa shape index (κ2) is 5.61. The van der Waals surface area contributed by atoms with E-state index in [4.69, 9.17) is 10.5 Å². The molecule has 2 bridgehead atoms. The average Bonchev–Trinajstić information content (AvgIpc) is 2.79. The van der Waals surface area contributed by atoms with Crippen molar-refractivity contribution in [2.24, 2.45) is 5.73 Å². The van der Waals surface area contributed by atoms with E-state index in [9.17, 15) is 0 Å². The Morgan fingerprint density at radius 3 is 2.37 bits per heavy atom. The molecule has 0 radical (unpaired) electrons. The van der Waals surface area contributed by atoms with Crippen LogP contribution in [0.3, 0.4) is 0 Å². The zero-order valence-electron chi connectivity index (χ0n) is 11.7. The molecule has 0 spiro atoms. The summed E-state index contributed by atoms with van der Waals surface area (Å²) in [4.78, 5) is 2.52. The predicted molar refractivity (Wildman–Crippen MR) is 77.1 cm³/mol. The lowest BCUT2D eigenvalue weighted by Crippen LogP contribution is -2.46. The van der Waals surface area contributed by atoms with Crippen molar-refractivity contribution in [3.63, 3.8) is 0 Å². The highest BCUT2D eigenvalue weighted by atomic mass is 16.5. The summed E-state index contributed by atoms with van der Waals surface area (Å²) < 4.78 is 5.91. The van der Waals surface area contributed by atoms with Crippen molar-refractivity contribution in [2.45, 2.75) is 44.4 Å². The molecule has 3 atom stereocenters. The number of nitrogens with zero attached hydrogens (tertiary/aromatic N) is 1. The lowest BCUT2D eigenvalue weighted by molar-refractivity contribution is -0.0521. The van der Waals surface area contributed by atoms with Gasteiger partial charge in [0.1, 0.15) is 0 Å². The maximum absolute atomic E-state index is 6.04. The Bertz CT molecular complexity index is 405. The third-order valence-electron chi connectivity index (χ3n) is 4.51. The first-order valence-corrected chi connectivity index (χ1v) is 7.48. The van der Waals surface area contributed by atoms with E-state index in [1.165, 1.54) is 24.0 Å². The lowest BCUT2D eigenvalue weighted by Gasteiger charge is -2.37. The first-order valence-electron chi connectivity index (χ1n) is 7.48. The molecular formula is C16H24N2O. The second-order valence-electron chi connectivity index (χ2n) is 5.76. The maximum atomic E-state index is 6.04. The van der Waals surface area contributed by atoms with Crippen LogP contribution in [0.25, 0.3) is 0 Å². The summed E-state index contributed by atoms with van der Waals surface area (Å²) in [5.74, 6) is 0. The number of rotatable bonds is 4. The molecule has 0 amide bonds. The van der Waals surface area contributed by atoms with Crippen molar-refractivity contribution >= 4 is 0 Å². The van der Waals surface area contributed by atoms with Crippen LogP contribution in [0.5, 0.6) is 0 Å². The first-order chi connectivity index (χ1) is 9.30. The second-order valence-corrected chi connectivity index (χ2v) is 5.76. The molecule has 0 aliphatic carbocycles. The highest BCUT2D eigenvalue weighted by Gasteiger charge is 2.36. The highest BCUT2D eigenvalue weighted by molar-refractivity contribution is 5.25. The van der Waals surface area contributed by atoms with Crippen LogP contribution in [-0.2, 0) is 11.2 Å². The minimum Gasteiger partial charge on any atom is -0.372 e. The molecule has 0 aromatic heterocycles. The van der Waals surface area contributed by atoms with E-state index < -0.39 is 0 Å². The normalized spacial score (nSPS) is 28.5. The molecule has 0 saturated carbocycles. The Kier molecular flexibility index (Phi) is 3.87. The van der Waals surface area contributed by atoms with E-state index in [0.717, 1.165) is 19.5 Å². The summed E-state index contributed by atoms with van der Waals surface area (Å²) in [5, 5.41) is 0. The van der Waals surface area contributed by atoms with Crippen LogP contribution in [0.1, 0.15) is 36.9 Å². The van der Waals surface area contributed by atoms with Gasteiger partial charge in [0.05, 0.1) is 12.2 Å². The van der Waals surface area contributed by atoms with Gasteiger partial charge in [-0.05, 0) is 30.4 Å². The summed E-state index contributed by atoms with van der Waals surface area (Å²) >= 11 is 0. The van der Waals surface area contributed by atoms with Crippen LogP contribution in [0.4, 0.5) is 0 Å². The molecule has 19 heavy (non-hydrogen) atoms. The lowest BCUT2D eigenvalue weighted by atomic mass is 10.0. The van der Waals surface area contributed by atoms with Crippen molar-refractivity contribution < 1.29 is 4.74 Å². The Labute approximate surface area is 115 Å².